The predicted octanol–water partition coefficient (Wildman–Crippen LogP) is 1.11. The predicted molar refractivity (Wildman–Crippen MR) is 55.5 cm³/mol. The summed E-state index contributed by atoms with van der Waals surface area (Å²) in [6.45, 7) is -0.302. The number of halogens is 1. The first-order valence-corrected chi connectivity index (χ1v) is 4.54. The molecule has 4 nitrogen and oxygen atoms in total. The number of amides is 1. The minimum absolute atomic E-state index is 0.172. The van der Waals surface area contributed by atoms with Crippen molar-refractivity contribution in [1.82, 2.24) is 0 Å². The van der Waals surface area contributed by atoms with E-state index in [4.69, 9.17) is 16.2 Å². The molecule has 0 heterocycles. The molecule has 0 unspecified atom stereocenters. The molecule has 0 spiro atoms. The maximum Gasteiger partial charge on any atom is 0.252 e. The van der Waals surface area contributed by atoms with E-state index in [9.17, 15) is 9.18 Å². The Morgan fingerprint density at radius 2 is 2.20 bits per heavy atom. The summed E-state index contributed by atoms with van der Waals surface area (Å²) in [4.78, 5) is 11.0. The molecule has 0 aliphatic heterocycles. The maximum atomic E-state index is 11.9. The summed E-state index contributed by atoms with van der Waals surface area (Å²) in [7, 11) is 0. The molecule has 0 aromatic heterocycles. The molecule has 0 bridgehead atoms. The van der Waals surface area contributed by atoms with Crippen molar-refractivity contribution in [2.45, 2.75) is 6.42 Å². The van der Waals surface area contributed by atoms with Crippen LogP contribution in [0.4, 0.5) is 10.1 Å². The van der Waals surface area contributed by atoms with Gasteiger partial charge in [-0.25, -0.2) is 0 Å². The summed E-state index contributed by atoms with van der Waals surface area (Å²) in [6, 6.07) is 4.72. The maximum absolute atomic E-state index is 11.9. The lowest BCUT2D eigenvalue weighted by atomic mass is 10.1. The zero-order valence-electron chi connectivity index (χ0n) is 8.20. The van der Waals surface area contributed by atoms with E-state index in [-0.39, 0.29) is 24.3 Å². The second-order valence-electron chi connectivity index (χ2n) is 2.98. The molecule has 0 saturated carbocycles. The van der Waals surface area contributed by atoms with Gasteiger partial charge in [0, 0.05) is 6.42 Å². The van der Waals surface area contributed by atoms with Crippen molar-refractivity contribution in [3.63, 3.8) is 0 Å². The lowest BCUT2D eigenvalue weighted by Crippen LogP contribution is -2.14. The normalized spacial score (nSPS) is 9.93. The van der Waals surface area contributed by atoms with Gasteiger partial charge in [-0.15, -0.1) is 0 Å². The van der Waals surface area contributed by atoms with Crippen LogP contribution < -0.4 is 16.2 Å². The van der Waals surface area contributed by atoms with Crippen LogP contribution in [0.25, 0.3) is 0 Å². The Bertz CT molecular complexity index is 355. The van der Waals surface area contributed by atoms with Gasteiger partial charge in [0.05, 0.1) is 24.5 Å². The van der Waals surface area contributed by atoms with Gasteiger partial charge < -0.3 is 16.2 Å². The molecule has 1 aromatic carbocycles. The topological polar surface area (TPSA) is 78.3 Å². The van der Waals surface area contributed by atoms with E-state index in [0.29, 0.717) is 5.69 Å². The summed E-state index contributed by atoms with van der Waals surface area (Å²) >= 11 is 0. The number of nitrogen functional groups attached to an aromatic ring is 1. The van der Waals surface area contributed by atoms with Gasteiger partial charge in [-0.3, -0.25) is 9.18 Å². The lowest BCUT2D eigenvalue weighted by molar-refractivity contribution is 0.0996. The third-order valence-corrected chi connectivity index (χ3v) is 1.84. The highest BCUT2D eigenvalue weighted by Crippen LogP contribution is 2.25. The van der Waals surface area contributed by atoms with Crippen LogP contribution in [-0.4, -0.2) is 19.2 Å². The van der Waals surface area contributed by atoms with Gasteiger partial charge in [-0.2, -0.15) is 0 Å². The third kappa shape index (κ3) is 2.83. The second-order valence-corrected chi connectivity index (χ2v) is 2.98. The van der Waals surface area contributed by atoms with Gasteiger partial charge in [-0.1, -0.05) is 6.07 Å². The number of carbonyl (C=O) groups is 1. The Morgan fingerprint density at radius 3 is 2.80 bits per heavy atom. The fourth-order valence-corrected chi connectivity index (χ4v) is 1.14. The Morgan fingerprint density at radius 1 is 1.47 bits per heavy atom. The highest BCUT2D eigenvalue weighted by molar-refractivity contribution is 5.97. The number of anilines is 1. The highest BCUT2D eigenvalue weighted by Gasteiger charge is 2.11. The second kappa shape index (κ2) is 5.19. The van der Waals surface area contributed by atoms with Crippen LogP contribution in [0.3, 0.4) is 0 Å². The lowest BCUT2D eigenvalue weighted by Gasteiger charge is -2.10. The number of hydrogen-bond donors (Lipinski definition) is 2. The molecule has 5 heteroatoms. The quantitative estimate of drug-likeness (QED) is 0.566. The van der Waals surface area contributed by atoms with Gasteiger partial charge in [0.1, 0.15) is 0 Å². The van der Waals surface area contributed by atoms with Crippen molar-refractivity contribution >= 4 is 11.6 Å². The van der Waals surface area contributed by atoms with Gasteiger partial charge in [0.25, 0.3) is 5.91 Å². The average Bonchev–Trinajstić information content (AvgIpc) is 2.20. The van der Waals surface area contributed by atoms with Crippen molar-refractivity contribution in [2.75, 3.05) is 19.0 Å². The van der Waals surface area contributed by atoms with Gasteiger partial charge in [0.15, 0.2) is 5.75 Å². The Balaban J connectivity index is 2.87. The molecule has 0 fully saturated rings. The standard InChI is InChI=1S/C10H13FN2O2/c11-5-2-6-15-9-7(10(13)14)3-1-4-8(9)12/h1,3-4H,2,5-6,12H2,(H2,13,14). The van der Waals surface area contributed by atoms with Crippen molar-refractivity contribution in [2.24, 2.45) is 5.73 Å². The number of nitrogens with two attached hydrogens (primary N) is 2. The molecule has 1 aromatic rings. The molecule has 82 valence electrons. The van der Waals surface area contributed by atoms with Crippen LogP contribution in [0.2, 0.25) is 0 Å². The van der Waals surface area contributed by atoms with Crippen LogP contribution >= 0.6 is 0 Å². The Labute approximate surface area is 87.0 Å². The number of benzene rings is 1. The number of hydrogen-bond acceptors (Lipinski definition) is 3. The fourth-order valence-electron chi connectivity index (χ4n) is 1.14. The number of para-hydroxylation sites is 1. The monoisotopic (exact) mass is 212 g/mol. The summed E-state index contributed by atoms with van der Waals surface area (Å²) in [6.07, 6.45) is 0.256. The van der Waals surface area contributed by atoms with Crippen molar-refractivity contribution in [1.29, 1.82) is 0 Å². The number of alkyl halides is 1. The van der Waals surface area contributed by atoms with E-state index in [2.05, 4.69) is 0 Å². The minimum atomic E-state index is -0.613. The van der Waals surface area contributed by atoms with E-state index in [1.54, 1.807) is 12.1 Å². The van der Waals surface area contributed by atoms with Crippen molar-refractivity contribution in [3.8, 4) is 5.75 Å². The molecular weight excluding hydrogens is 199 g/mol. The SMILES string of the molecule is NC(=O)c1cccc(N)c1OCCCF. The minimum Gasteiger partial charge on any atom is -0.490 e. The molecule has 0 atom stereocenters. The molecule has 1 rings (SSSR count). The molecule has 0 aliphatic rings. The molecule has 15 heavy (non-hydrogen) atoms. The van der Waals surface area contributed by atoms with Crippen LogP contribution in [0.15, 0.2) is 18.2 Å². The summed E-state index contributed by atoms with van der Waals surface area (Å²) in [5.74, 6) is -0.379. The van der Waals surface area contributed by atoms with Gasteiger partial charge >= 0.3 is 0 Å². The van der Waals surface area contributed by atoms with Gasteiger partial charge in [0.2, 0.25) is 0 Å². The molecular formula is C10H13FN2O2. The number of ether oxygens (including phenoxy) is 1. The first-order valence-electron chi connectivity index (χ1n) is 4.54. The highest BCUT2D eigenvalue weighted by atomic mass is 19.1. The summed E-state index contributed by atoms with van der Waals surface area (Å²) in [5, 5.41) is 0. The molecule has 0 radical (unpaired) electrons. The fraction of sp³-hybridized carbons (Fsp3) is 0.300. The number of carbonyl (C=O) groups excluding carboxylic acids is 1. The third-order valence-electron chi connectivity index (χ3n) is 1.84. The van der Waals surface area contributed by atoms with E-state index in [0.717, 1.165) is 0 Å². The number of rotatable bonds is 5. The van der Waals surface area contributed by atoms with Crippen LogP contribution in [-0.2, 0) is 0 Å². The molecule has 0 aliphatic carbocycles. The van der Waals surface area contributed by atoms with Crippen LogP contribution in [0.5, 0.6) is 5.75 Å². The molecule has 4 N–H and O–H groups in total. The zero-order chi connectivity index (χ0) is 11.3. The van der Waals surface area contributed by atoms with Gasteiger partial charge in [-0.05, 0) is 12.1 Å². The van der Waals surface area contributed by atoms with E-state index in [1.165, 1.54) is 6.07 Å². The van der Waals surface area contributed by atoms with E-state index in [1.807, 2.05) is 0 Å². The van der Waals surface area contributed by atoms with Crippen molar-refractivity contribution in [3.05, 3.63) is 23.8 Å². The molecule has 1 amide bonds. The Hall–Kier alpha value is -1.78. The van der Waals surface area contributed by atoms with E-state index < -0.39 is 12.6 Å². The Kier molecular flexibility index (Phi) is 3.91. The van der Waals surface area contributed by atoms with Crippen LogP contribution in [0, 0.1) is 0 Å². The van der Waals surface area contributed by atoms with E-state index >= 15 is 0 Å². The first kappa shape index (κ1) is 11.3. The summed E-state index contributed by atoms with van der Waals surface area (Å²) < 4.78 is 17.1. The number of primary amides is 1. The largest absolute Gasteiger partial charge is 0.490 e. The van der Waals surface area contributed by atoms with Crippen molar-refractivity contribution < 1.29 is 13.9 Å². The van der Waals surface area contributed by atoms with Crippen LogP contribution in [0.1, 0.15) is 16.8 Å². The average molecular weight is 212 g/mol. The summed E-state index contributed by atoms with van der Waals surface area (Å²) in [5.41, 5.74) is 11.3. The molecule has 0 saturated heterocycles. The smallest absolute Gasteiger partial charge is 0.252 e. The first-order chi connectivity index (χ1) is 7.16. The zero-order valence-corrected chi connectivity index (χ0v) is 8.20.